The molecule has 10 nitrogen and oxygen atoms in total. The first-order valence-corrected chi connectivity index (χ1v) is 23.7. The molecule has 0 amide bonds. The van der Waals surface area contributed by atoms with Crippen molar-refractivity contribution in [3.8, 4) is 0 Å². The van der Waals surface area contributed by atoms with Crippen LogP contribution in [0.1, 0.15) is 181 Å². The SMILES string of the molecule is CCCCC/C=C\C/C=C\CC1OC1C/C=C\CCCC(=O)O[C@H](COC(=O)CCCCCCCCC/C=C\CCCCCCCC)COP(=O)(O)OCCN. The van der Waals surface area contributed by atoms with Crippen molar-refractivity contribution in [3.05, 3.63) is 48.6 Å². The molecule has 0 spiro atoms. The molecule has 1 saturated heterocycles. The lowest BCUT2D eigenvalue weighted by Gasteiger charge is -2.19. The minimum atomic E-state index is -4.40. The smallest absolute Gasteiger partial charge is 0.462 e. The number of phosphoric acid groups is 1. The van der Waals surface area contributed by atoms with Gasteiger partial charge >= 0.3 is 19.8 Å². The molecule has 1 fully saturated rings. The summed E-state index contributed by atoms with van der Waals surface area (Å²) in [5, 5.41) is 0. The van der Waals surface area contributed by atoms with Gasteiger partial charge in [-0.2, -0.15) is 0 Å². The molecule has 0 radical (unpaired) electrons. The Kier molecular flexibility index (Phi) is 34.5. The second-order valence-electron chi connectivity index (χ2n) is 14.9. The number of hydrogen-bond donors (Lipinski definition) is 2. The van der Waals surface area contributed by atoms with Crippen molar-refractivity contribution in [1.82, 2.24) is 0 Å². The summed E-state index contributed by atoms with van der Waals surface area (Å²) in [6.45, 7) is 3.61. The van der Waals surface area contributed by atoms with Crippen LogP contribution in [0.4, 0.5) is 0 Å². The summed E-state index contributed by atoms with van der Waals surface area (Å²) in [5.74, 6) is -0.908. The highest BCUT2D eigenvalue weighted by Crippen LogP contribution is 2.43. The number of carbonyl (C=O) groups is 2. The van der Waals surface area contributed by atoms with E-state index in [0.29, 0.717) is 12.8 Å². The molecule has 1 aliphatic rings. The zero-order valence-electron chi connectivity index (χ0n) is 35.3. The van der Waals surface area contributed by atoms with E-state index >= 15 is 0 Å². The van der Waals surface area contributed by atoms with Gasteiger partial charge in [-0.3, -0.25) is 18.6 Å². The molecule has 0 bridgehead atoms. The lowest BCUT2D eigenvalue weighted by Crippen LogP contribution is -2.29. The maximum atomic E-state index is 12.6. The van der Waals surface area contributed by atoms with Gasteiger partial charge in [0.2, 0.25) is 0 Å². The topological polar surface area (TPSA) is 147 Å². The predicted octanol–water partition coefficient (Wildman–Crippen LogP) is 11.7. The van der Waals surface area contributed by atoms with Gasteiger partial charge in [-0.1, -0.05) is 140 Å². The van der Waals surface area contributed by atoms with E-state index in [1.54, 1.807) is 0 Å². The molecule has 4 atom stereocenters. The van der Waals surface area contributed by atoms with Crippen LogP contribution in [0.3, 0.4) is 0 Å². The highest BCUT2D eigenvalue weighted by Gasteiger charge is 2.36. The van der Waals surface area contributed by atoms with E-state index in [-0.39, 0.29) is 44.8 Å². The summed E-state index contributed by atoms with van der Waals surface area (Å²) < 4.78 is 38.5. The molecule has 0 saturated carbocycles. The number of nitrogens with two attached hydrogens (primary N) is 1. The van der Waals surface area contributed by atoms with Gasteiger partial charge in [0.1, 0.15) is 6.61 Å². The molecule has 0 aromatic rings. The molecule has 3 N–H and O–H groups in total. The molecule has 1 heterocycles. The van der Waals surface area contributed by atoms with E-state index < -0.39 is 32.5 Å². The number of ether oxygens (including phenoxy) is 3. The van der Waals surface area contributed by atoms with Crippen LogP contribution in [-0.4, -0.2) is 61.5 Å². The van der Waals surface area contributed by atoms with Gasteiger partial charge in [0, 0.05) is 19.4 Å². The van der Waals surface area contributed by atoms with Crippen LogP contribution in [0.2, 0.25) is 0 Å². The Labute approximate surface area is 341 Å². The van der Waals surface area contributed by atoms with Gasteiger partial charge in [-0.25, -0.2) is 4.57 Å². The van der Waals surface area contributed by atoms with Gasteiger partial charge < -0.3 is 24.8 Å². The molecule has 3 unspecified atom stereocenters. The van der Waals surface area contributed by atoms with Crippen LogP contribution in [0.5, 0.6) is 0 Å². The van der Waals surface area contributed by atoms with Crippen molar-refractivity contribution >= 4 is 19.8 Å². The van der Waals surface area contributed by atoms with E-state index in [1.165, 1.54) is 83.5 Å². The highest BCUT2D eigenvalue weighted by atomic mass is 31.2. The van der Waals surface area contributed by atoms with E-state index in [4.69, 9.17) is 29.0 Å². The molecule has 0 aromatic carbocycles. The number of esters is 2. The zero-order valence-corrected chi connectivity index (χ0v) is 36.2. The Bertz CT molecular complexity index is 1120. The molecule has 0 aromatic heterocycles. The fraction of sp³-hybridized carbons (Fsp3) is 0.778. The molecule has 1 aliphatic heterocycles. The first kappa shape index (κ1) is 51.9. The van der Waals surface area contributed by atoms with Crippen LogP contribution in [0.15, 0.2) is 48.6 Å². The summed E-state index contributed by atoms with van der Waals surface area (Å²) in [6.07, 6.45) is 44.5. The molecule has 0 aliphatic carbocycles. The third kappa shape index (κ3) is 34.0. The number of epoxide rings is 1. The molecule has 11 heteroatoms. The Morgan fingerprint density at radius 2 is 1.11 bits per heavy atom. The van der Waals surface area contributed by atoms with Crippen molar-refractivity contribution in [3.63, 3.8) is 0 Å². The van der Waals surface area contributed by atoms with Crippen LogP contribution in [0, 0.1) is 0 Å². The monoisotopic (exact) mass is 810 g/mol. The Balaban J connectivity index is 2.22. The van der Waals surface area contributed by atoms with Gasteiger partial charge in [0.15, 0.2) is 6.10 Å². The number of hydrogen-bond acceptors (Lipinski definition) is 9. The quantitative estimate of drug-likeness (QED) is 0.0201. The Hall–Kier alpha value is -2.07. The third-order valence-corrected chi connectivity index (χ3v) is 10.6. The Morgan fingerprint density at radius 1 is 0.625 bits per heavy atom. The number of rotatable bonds is 40. The average molecular weight is 810 g/mol. The third-order valence-electron chi connectivity index (χ3n) is 9.59. The highest BCUT2D eigenvalue weighted by molar-refractivity contribution is 7.47. The van der Waals surface area contributed by atoms with Crippen LogP contribution < -0.4 is 5.73 Å². The minimum absolute atomic E-state index is 0.0400. The summed E-state index contributed by atoms with van der Waals surface area (Å²) in [7, 11) is -4.40. The molecule has 56 heavy (non-hydrogen) atoms. The molecule has 1 rings (SSSR count). The number of unbranched alkanes of at least 4 members (excludes halogenated alkanes) is 17. The maximum Gasteiger partial charge on any atom is 0.472 e. The van der Waals surface area contributed by atoms with Crippen molar-refractivity contribution in [2.24, 2.45) is 5.73 Å². The van der Waals surface area contributed by atoms with Gasteiger partial charge in [0.05, 0.1) is 25.4 Å². The lowest BCUT2D eigenvalue weighted by molar-refractivity contribution is -0.161. The molecular formula is C45H80NO9P. The number of allylic oxidation sites excluding steroid dienone is 6. The van der Waals surface area contributed by atoms with E-state index in [1.807, 2.05) is 6.08 Å². The van der Waals surface area contributed by atoms with E-state index in [2.05, 4.69) is 56.4 Å². The summed E-state index contributed by atoms with van der Waals surface area (Å²) in [5.41, 5.74) is 5.35. The predicted molar refractivity (Wildman–Crippen MR) is 228 cm³/mol. The van der Waals surface area contributed by atoms with E-state index in [9.17, 15) is 19.0 Å². The van der Waals surface area contributed by atoms with Gasteiger partial charge in [0.25, 0.3) is 0 Å². The van der Waals surface area contributed by atoms with Crippen LogP contribution in [0.25, 0.3) is 0 Å². The lowest BCUT2D eigenvalue weighted by atomic mass is 10.1. The largest absolute Gasteiger partial charge is 0.472 e. The first-order valence-electron chi connectivity index (χ1n) is 22.2. The molecule has 324 valence electrons. The average Bonchev–Trinajstić information content (AvgIpc) is 3.94. The fourth-order valence-electron chi connectivity index (χ4n) is 6.13. The van der Waals surface area contributed by atoms with Gasteiger partial charge in [-0.15, -0.1) is 0 Å². The number of carbonyl (C=O) groups excluding carboxylic acids is 2. The van der Waals surface area contributed by atoms with Crippen LogP contribution >= 0.6 is 7.82 Å². The minimum Gasteiger partial charge on any atom is -0.462 e. The van der Waals surface area contributed by atoms with Crippen molar-refractivity contribution < 1.29 is 42.3 Å². The summed E-state index contributed by atoms with van der Waals surface area (Å²) in [6, 6.07) is 0. The van der Waals surface area contributed by atoms with Crippen molar-refractivity contribution in [2.75, 3.05) is 26.4 Å². The number of phosphoric ester groups is 1. The van der Waals surface area contributed by atoms with Gasteiger partial charge in [-0.05, 0) is 77.0 Å². The van der Waals surface area contributed by atoms with Crippen LogP contribution in [-0.2, 0) is 37.4 Å². The molecular weight excluding hydrogens is 729 g/mol. The standard InChI is InChI=1S/C45H80NO9P/c1-3-5-7-9-11-13-14-15-16-17-18-19-20-22-24-26-31-35-44(47)51-39-41(40-53-56(49,50)52-38-37-46)54-45(48)36-32-28-27-30-34-43-42(55-43)33-29-25-23-21-12-10-8-6-4-2/h12,15-16,21,25,27,29-30,41-43H,3-11,13-14,17-20,22-24,26,28,31-40,46H2,1-2H3,(H,49,50)/b16-15-,21-12-,29-25-,30-27-/t41-,42?,43?/m1/s1. The second-order valence-corrected chi connectivity index (χ2v) is 16.4. The normalized spacial score (nSPS) is 17.4. The van der Waals surface area contributed by atoms with Crippen molar-refractivity contribution in [1.29, 1.82) is 0 Å². The van der Waals surface area contributed by atoms with Crippen molar-refractivity contribution in [2.45, 2.75) is 199 Å². The second kappa shape index (κ2) is 37.2. The Morgan fingerprint density at radius 3 is 1.75 bits per heavy atom. The van der Waals surface area contributed by atoms with E-state index in [0.717, 1.165) is 57.8 Å². The summed E-state index contributed by atoms with van der Waals surface area (Å²) in [4.78, 5) is 34.9. The zero-order chi connectivity index (χ0) is 40.8. The first-order chi connectivity index (χ1) is 27.3. The summed E-state index contributed by atoms with van der Waals surface area (Å²) >= 11 is 0. The fourth-order valence-corrected chi connectivity index (χ4v) is 6.90. The maximum absolute atomic E-state index is 12.6.